The molecule has 0 spiro atoms. The summed E-state index contributed by atoms with van der Waals surface area (Å²) in [5, 5.41) is 2.04. The van der Waals surface area contributed by atoms with Gasteiger partial charge in [-0.2, -0.15) is 26.3 Å². The van der Waals surface area contributed by atoms with Crippen molar-refractivity contribution in [2.45, 2.75) is 12.4 Å². The smallest absolute Gasteiger partial charge is 0.416 e. The molecule has 2 aromatic heterocycles. The highest BCUT2D eigenvalue weighted by Gasteiger charge is 2.32. The number of fused-ring (bicyclic) bond motifs is 4. The fourth-order valence-corrected chi connectivity index (χ4v) is 7.68. The summed E-state index contributed by atoms with van der Waals surface area (Å²) < 4.78 is 112. The molecule has 0 amide bonds. The molecule has 8 nitrogen and oxygen atoms in total. The SMILES string of the molecule is FC(F)(F)c1ccc(C(=C2C=[NH+]c3ccccc32)c2c[nH]c3ccccc23)cc1.FC(F)(F)c1ccc(C(=C2C=[NH+]c3ccccc32)c2c[nH]c3ccccc23)cc1.O=S(=O)([O-])[O-]. The van der Waals surface area contributed by atoms with E-state index in [1.807, 2.05) is 122 Å². The number of para-hydroxylation sites is 4. The highest BCUT2D eigenvalue weighted by Crippen LogP contribution is 2.41. The molecule has 316 valence electrons. The zero-order valence-corrected chi connectivity index (χ0v) is 33.3. The van der Waals surface area contributed by atoms with Crippen LogP contribution in [0.4, 0.5) is 37.7 Å². The number of halogens is 6. The molecule has 2 aliphatic heterocycles. The monoisotopic (exact) mass is 874 g/mol. The second-order valence-electron chi connectivity index (χ2n) is 14.3. The number of hydrogen-bond acceptors (Lipinski definition) is 4. The number of benzene rings is 6. The van der Waals surface area contributed by atoms with E-state index in [0.29, 0.717) is 0 Å². The molecule has 6 aromatic carbocycles. The lowest BCUT2D eigenvalue weighted by atomic mass is 9.89. The van der Waals surface area contributed by atoms with E-state index in [2.05, 4.69) is 20.0 Å². The lowest BCUT2D eigenvalue weighted by Gasteiger charge is -2.12. The van der Waals surface area contributed by atoms with Crippen molar-refractivity contribution in [3.63, 3.8) is 0 Å². The first-order chi connectivity index (χ1) is 30.0. The molecule has 4 heterocycles. The van der Waals surface area contributed by atoms with Crippen LogP contribution in [0.3, 0.4) is 0 Å². The van der Waals surface area contributed by atoms with E-state index in [1.165, 1.54) is 0 Å². The number of nitrogens with one attached hydrogen (secondary N) is 4. The van der Waals surface area contributed by atoms with E-state index >= 15 is 0 Å². The minimum Gasteiger partial charge on any atom is -0.759 e. The van der Waals surface area contributed by atoms with Crippen molar-refractivity contribution in [2.75, 3.05) is 0 Å². The van der Waals surface area contributed by atoms with Gasteiger partial charge in [-0.3, -0.25) is 8.42 Å². The van der Waals surface area contributed by atoms with E-state index in [0.717, 1.165) is 113 Å². The number of H-pyrrole nitrogens is 2. The standard InChI is InChI=1S/2C24H15F3N2.H2O4S/c2*25-24(26,27)16-11-9-15(10-12-16)23(19-13-28-21-7-3-1-5-17(19)21)20-14-29-22-8-4-2-6-18(20)22;1-5(2,3)4/h2*1-14,28H;(H2,1,2,3,4). The summed E-state index contributed by atoms with van der Waals surface area (Å²) in [5.41, 5.74) is 11.7. The van der Waals surface area contributed by atoms with Crippen LogP contribution in [0.25, 0.3) is 44.1 Å². The molecule has 0 unspecified atom stereocenters. The Morgan fingerprint density at radius 3 is 1.17 bits per heavy atom. The van der Waals surface area contributed by atoms with Crippen LogP contribution in [0, 0.1) is 0 Å². The summed E-state index contributed by atoms with van der Waals surface area (Å²) in [7, 11) is -5.17. The molecule has 0 radical (unpaired) electrons. The fourth-order valence-electron chi connectivity index (χ4n) is 7.68. The molecule has 0 bridgehead atoms. The first-order valence-electron chi connectivity index (χ1n) is 19.1. The molecule has 0 aliphatic carbocycles. The highest BCUT2D eigenvalue weighted by molar-refractivity contribution is 7.79. The maximum atomic E-state index is 13.1. The van der Waals surface area contributed by atoms with Gasteiger partial charge in [-0.05, 0) is 59.7 Å². The van der Waals surface area contributed by atoms with Crippen molar-refractivity contribution < 1.29 is 53.9 Å². The van der Waals surface area contributed by atoms with Gasteiger partial charge < -0.3 is 19.1 Å². The van der Waals surface area contributed by atoms with Gasteiger partial charge in [0.25, 0.3) is 0 Å². The number of hydrogen-bond donors (Lipinski definition) is 4. The molecule has 2 aliphatic rings. The van der Waals surface area contributed by atoms with Crippen LogP contribution in [-0.4, -0.2) is 39.9 Å². The Kier molecular flexibility index (Phi) is 11.3. The molecule has 8 aromatic rings. The summed E-state index contributed by atoms with van der Waals surface area (Å²) in [4.78, 5) is 13.1. The number of rotatable bonds is 4. The zero-order valence-electron chi connectivity index (χ0n) is 32.5. The van der Waals surface area contributed by atoms with Crippen molar-refractivity contribution in [2.24, 2.45) is 0 Å². The van der Waals surface area contributed by atoms with Gasteiger partial charge in [-0.25, -0.2) is 9.98 Å². The van der Waals surface area contributed by atoms with Gasteiger partial charge >= 0.3 is 12.4 Å². The van der Waals surface area contributed by atoms with E-state index < -0.39 is 33.9 Å². The summed E-state index contributed by atoms with van der Waals surface area (Å²) >= 11 is 0. The zero-order chi connectivity index (χ0) is 44.5. The van der Waals surface area contributed by atoms with Gasteiger partial charge in [-0.15, -0.1) is 0 Å². The Hall–Kier alpha value is -7.33. The molecular formula is C48H32F6N4O4S. The van der Waals surface area contributed by atoms with Crippen molar-refractivity contribution in [1.82, 2.24) is 9.97 Å². The van der Waals surface area contributed by atoms with Crippen molar-refractivity contribution in [1.29, 1.82) is 0 Å². The van der Waals surface area contributed by atoms with Crippen LogP contribution in [0.2, 0.25) is 0 Å². The van der Waals surface area contributed by atoms with Crippen LogP contribution < -0.4 is 9.98 Å². The highest BCUT2D eigenvalue weighted by atomic mass is 32.3. The van der Waals surface area contributed by atoms with E-state index in [1.54, 1.807) is 24.3 Å². The van der Waals surface area contributed by atoms with Crippen LogP contribution >= 0.6 is 0 Å². The van der Waals surface area contributed by atoms with Crippen molar-refractivity contribution in [3.05, 3.63) is 202 Å². The third-order valence-corrected chi connectivity index (χ3v) is 10.4. The van der Waals surface area contributed by atoms with Crippen LogP contribution in [0.15, 0.2) is 158 Å². The Balaban J connectivity index is 0.000000156. The lowest BCUT2D eigenvalue weighted by Crippen LogP contribution is -2.58. The third kappa shape index (κ3) is 9.16. The second-order valence-corrected chi connectivity index (χ2v) is 15.1. The molecular weight excluding hydrogens is 843 g/mol. The average Bonchev–Trinajstić information content (AvgIpc) is 4.07. The first kappa shape index (κ1) is 42.4. The maximum Gasteiger partial charge on any atom is 0.416 e. The van der Waals surface area contributed by atoms with Gasteiger partial charge in [0.15, 0.2) is 12.4 Å². The molecule has 10 rings (SSSR count). The van der Waals surface area contributed by atoms with E-state index in [-0.39, 0.29) is 0 Å². The second kappa shape index (κ2) is 16.9. The number of aromatic nitrogens is 2. The molecule has 0 atom stereocenters. The maximum absolute atomic E-state index is 13.1. The number of aromatic amines is 2. The summed E-state index contributed by atoms with van der Waals surface area (Å²) in [6.45, 7) is 0. The van der Waals surface area contributed by atoms with E-state index in [4.69, 9.17) is 17.5 Å². The van der Waals surface area contributed by atoms with Crippen molar-refractivity contribution >= 4 is 78.3 Å². The van der Waals surface area contributed by atoms with Gasteiger partial charge in [0.2, 0.25) is 11.4 Å². The van der Waals surface area contributed by atoms with Gasteiger partial charge in [0, 0.05) is 79.0 Å². The first-order valence-corrected chi connectivity index (χ1v) is 20.4. The quantitative estimate of drug-likeness (QED) is 0.0800. The fraction of sp³-hybridized carbons (Fsp3) is 0.0417. The Morgan fingerprint density at radius 1 is 0.476 bits per heavy atom. The lowest BCUT2D eigenvalue weighted by molar-refractivity contribution is -0.343. The number of alkyl halides is 6. The molecule has 0 fully saturated rings. The summed E-state index contributed by atoms with van der Waals surface area (Å²) in [6, 6.07) is 42.4. The summed E-state index contributed by atoms with van der Waals surface area (Å²) in [6.07, 6.45) is -1.06. The predicted octanol–water partition coefficient (Wildman–Crippen LogP) is 8.55. The average molecular weight is 875 g/mol. The largest absolute Gasteiger partial charge is 0.759 e. The van der Waals surface area contributed by atoms with Gasteiger partial charge in [0.05, 0.1) is 33.4 Å². The van der Waals surface area contributed by atoms with Gasteiger partial charge in [-0.1, -0.05) is 84.9 Å². The van der Waals surface area contributed by atoms with Crippen LogP contribution in [0.1, 0.15) is 44.5 Å². The molecule has 15 heteroatoms. The number of allylic oxidation sites excluding steroid dienone is 2. The van der Waals surface area contributed by atoms with Crippen LogP contribution in [-0.2, 0) is 22.8 Å². The normalized spacial score (nSPS) is 14.7. The predicted molar refractivity (Wildman–Crippen MR) is 228 cm³/mol. The third-order valence-electron chi connectivity index (χ3n) is 10.4. The minimum atomic E-state index is -5.17. The Morgan fingerprint density at radius 2 is 0.810 bits per heavy atom. The minimum absolute atomic E-state index is 0.654. The summed E-state index contributed by atoms with van der Waals surface area (Å²) in [5.74, 6) is 0. The molecule has 0 saturated heterocycles. The molecule has 4 N–H and O–H groups in total. The molecule has 0 saturated carbocycles. The van der Waals surface area contributed by atoms with Crippen LogP contribution in [0.5, 0.6) is 0 Å². The van der Waals surface area contributed by atoms with E-state index in [9.17, 15) is 26.3 Å². The molecule has 63 heavy (non-hydrogen) atoms. The Bertz CT molecular complexity index is 3020. The Labute approximate surface area is 355 Å². The topological polar surface area (TPSA) is 140 Å². The van der Waals surface area contributed by atoms with Crippen molar-refractivity contribution in [3.8, 4) is 0 Å². The van der Waals surface area contributed by atoms with Gasteiger partial charge in [0.1, 0.15) is 0 Å².